The minimum Gasteiger partial charge on any atom is -0.388 e. The molecule has 5 nitrogen and oxygen atoms in total. The van der Waals surface area contributed by atoms with Crippen LogP contribution < -0.4 is 11.1 Å². The van der Waals surface area contributed by atoms with Crippen molar-refractivity contribution in [1.82, 2.24) is 9.97 Å². The van der Waals surface area contributed by atoms with Crippen LogP contribution in [0, 0.1) is 0 Å². The van der Waals surface area contributed by atoms with E-state index in [0.717, 1.165) is 0 Å². The van der Waals surface area contributed by atoms with Crippen LogP contribution in [0.15, 0.2) is 12.3 Å². The molecule has 15 heavy (non-hydrogen) atoms. The van der Waals surface area contributed by atoms with Crippen LogP contribution in [0.4, 0.5) is 11.8 Å². The monoisotopic (exact) mass is 210 g/mol. The molecule has 0 aliphatic rings. The number of hydrogen-bond acceptors (Lipinski definition) is 5. The van der Waals surface area contributed by atoms with E-state index in [9.17, 15) is 5.11 Å². The molecule has 0 saturated carbocycles. The Kier molecular flexibility index (Phi) is 3.85. The van der Waals surface area contributed by atoms with Crippen LogP contribution in [0.3, 0.4) is 0 Å². The van der Waals surface area contributed by atoms with E-state index in [1.165, 1.54) is 0 Å². The summed E-state index contributed by atoms with van der Waals surface area (Å²) >= 11 is 0. The number of nitrogens with one attached hydrogen (secondary N) is 1. The van der Waals surface area contributed by atoms with Crippen molar-refractivity contribution in [3.8, 4) is 0 Å². The van der Waals surface area contributed by atoms with Crippen molar-refractivity contribution in [2.45, 2.75) is 32.3 Å². The lowest BCUT2D eigenvalue weighted by Gasteiger charge is -2.25. The molecule has 0 amide bonds. The summed E-state index contributed by atoms with van der Waals surface area (Å²) in [5, 5.41) is 13.0. The Morgan fingerprint density at radius 1 is 1.47 bits per heavy atom. The number of rotatable bonds is 5. The number of nitrogens with zero attached hydrogens (tertiary/aromatic N) is 2. The molecule has 0 fully saturated rings. The van der Waals surface area contributed by atoms with Gasteiger partial charge in [-0.1, -0.05) is 13.8 Å². The molecule has 0 saturated heterocycles. The lowest BCUT2D eigenvalue weighted by atomic mass is 9.98. The number of anilines is 2. The third kappa shape index (κ3) is 3.36. The SMILES string of the molecule is CCC(O)(CC)CNc1nccc(N)n1. The molecular formula is C10H18N4O. The lowest BCUT2D eigenvalue weighted by Crippen LogP contribution is -2.35. The largest absolute Gasteiger partial charge is 0.388 e. The maximum atomic E-state index is 10.0. The molecule has 0 atom stereocenters. The Bertz CT molecular complexity index is 312. The summed E-state index contributed by atoms with van der Waals surface area (Å²) in [4.78, 5) is 7.99. The van der Waals surface area contributed by atoms with E-state index in [2.05, 4.69) is 15.3 Å². The molecule has 0 spiro atoms. The number of nitrogens with two attached hydrogens (primary N) is 1. The average molecular weight is 210 g/mol. The van der Waals surface area contributed by atoms with Crippen molar-refractivity contribution >= 4 is 11.8 Å². The van der Waals surface area contributed by atoms with Crippen molar-refractivity contribution in [3.05, 3.63) is 12.3 Å². The van der Waals surface area contributed by atoms with Crippen LogP contribution in [0.1, 0.15) is 26.7 Å². The van der Waals surface area contributed by atoms with Gasteiger partial charge < -0.3 is 16.2 Å². The molecule has 5 heteroatoms. The maximum absolute atomic E-state index is 10.0. The van der Waals surface area contributed by atoms with Crippen LogP contribution in [-0.4, -0.2) is 27.2 Å². The summed E-state index contributed by atoms with van der Waals surface area (Å²) in [6.07, 6.45) is 2.97. The van der Waals surface area contributed by atoms with Gasteiger partial charge in [0.1, 0.15) is 5.82 Å². The molecular weight excluding hydrogens is 192 g/mol. The zero-order valence-electron chi connectivity index (χ0n) is 9.20. The van der Waals surface area contributed by atoms with Crippen LogP contribution in [0.5, 0.6) is 0 Å². The molecule has 0 aromatic carbocycles. The van der Waals surface area contributed by atoms with Gasteiger partial charge >= 0.3 is 0 Å². The van der Waals surface area contributed by atoms with Gasteiger partial charge in [0.05, 0.1) is 5.60 Å². The molecule has 0 bridgehead atoms. The summed E-state index contributed by atoms with van der Waals surface area (Å²) in [6.45, 7) is 4.33. The highest BCUT2D eigenvalue weighted by Crippen LogP contribution is 2.14. The predicted octanol–water partition coefficient (Wildman–Crippen LogP) is 1.02. The van der Waals surface area contributed by atoms with Gasteiger partial charge in [-0.25, -0.2) is 4.98 Å². The summed E-state index contributed by atoms with van der Waals surface area (Å²) in [5.41, 5.74) is 4.81. The fraction of sp³-hybridized carbons (Fsp3) is 0.600. The van der Waals surface area contributed by atoms with E-state index in [0.29, 0.717) is 31.2 Å². The zero-order valence-corrected chi connectivity index (χ0v) is 9.20. The fourth-order valence-electron chi connectivity index (χ4n) is 1.20. The Labute approximate surface area is 89.7 Å². The highest BCUT2D eigenvalue weighted by molar-refractivity contribution is 5.35. The zero-order chi connectivity index (χ0) is 11.3. The highest BCUT2D eigenvalue weighted by Gasteiger charge is 2.21. The Balaban J connectivity index is 2.56. The molecule has 84 valence electrons. The minimum absolute atomic E-state index is 0.420. The third-order valence-corrected chi connectivity index (χ3v) is 2.57. The van der Waals surface area contributed by atoms with Gasteiger partial charge in [0.25, 0.3) is 0 Å². The van der Waals surface area contributed by atoms with Crippen LogP contribution in [0.25, 0.3) is 0 Å². The summed E-state index contributed by atoms with van der Waals surface area (Å²) in [6, 6.07) is 1.62. The Morgan fingerprint density at radius 3 is 2.67 bits per heavy atom. The first kappa shape index (κ1) is 11.7. The smallest absolute Gasteiger partial charge is 0.224 e. The lowest BCUT2D eigenvalue weighted by molar-refractivity contribution is 0.0455. The predicted molar refractivity (Wildman–Crippen MR) is 60.5 cm³/mol. The number of aromatic nitrogens is 2. The quantitative estimate of drug-likeness (QED) is 0.675. The highest BCUT2D eigenvalue weighted by atomic mass is 16.3. The van der Waals surface area contributed by atoms with Crippen molar-refractivity contribution in [1.29, 1.82) is 0 Å². The van der Waals surface area contributed by atoms with Crippen LogP contribution in [0.2, 0.25) is 0 Å². The van der Waals surface area contributed by atoms with Gasteiger partial charge in [0.2, 0.25) is 5.95 Å². The van der Waals surface area contributed by atoms with Crippen molar-refractivity contribution < 1.29 is 5.11 Å². The normalized spacial score (nSPS) is 11.4. The van der Waals surface area contributed by atoms with Crippen molar-refractivity contribution in [2.24, 2.45) is 0 Å². The van der Waals surface area contributed by atoms with E-state index in [-0.39, 0.29) is 0 Å². The second-order valence-electron chi connectivity index (χ2n) is 3.59. The third-order valence-electron chi connectivity index (χ3n) is 2.57. The van der Waals surface area contributed by atoms with Gasteiger partial charge in [0, 0.05) is 12.7 Å². The van der Waals surface area contributed by atoms with Crippen LogP contribution >= 0.6 is 0 Å². The Morgan fingerprint density at radius 2 is 2.13 bits per heavy atom. The molecule has 1 aromatic heterocycles. The van der Waals surface area contributed by atoms with Crippen LogP contribution in [-0.2, 0) is 0 Å². The molecule has 0 radical (unpaired) electrons. The van der Waals surface area contributed by atoms with Gasteiger partial charge in [-0.3, -0.25) is 0 Å². The molecule has 4 N–H and O–H groups in total. The second kappa shape index (κ2) is 4.93. The molecule has 1 rings (SSSR count). The minimum atomic E-state index is -0.700. The summed E-state index contributed by atoms with van der Waals surface area (Å²) in [5.74, 6) is 0.874. The molecule has 0 aliphatic carbocycles. The maximum Gasteiger partial charge on any atom is 0.224 e. The fourth-order valence-corrected chi connectivity index (χ4v) is 1.20. The molecule has 1 heterocycles. The summed E-state index contributed by atoms with van der Waals surface area (Å²) in [7, 11) is 0. The molecule has 0 aliphatic heterocycles. The summed E-state index contributed by atoms with van der Waals surface area (Å²) < 4.78 is 0. The number of nitrogen functional groups attached to an aromatic ring is 1. The van der Waals surface area contributed by atoms with E-state index in [1.807, 2.05) is 13.8 Å². The van der Waals surface area contributed by atoms with Crippen molar-refractivity contribution in [3.63, 3.8) is 0 Å². The van der Waals surface area contributed by atoms with E-state index in [4.69, 9.17) is 5.73 Å². The topological polar surface area (TPSA) is 84.1 Å². The number of hydrogen-bond donors (Lipinski definition) is 3. The first-order valence-electron chi connectivity index (χ1n) is 5.14. The average Bonchev–Trinajstić information content (AvgIpc) is 2.26. The van der Waals surface area contributed by atoms with E-state index in [1.54, 1.807) is 12.3 Å². The molecule has 1 aromatic rings. The Hall–Kier alpha value is -1.36. The van der Waals surface area contributed by atoms with Crippen molar-refractivity contribution in [2.75, 3.05) is 17.6 Å². The second-order valence-corrected chi connectivity index (χ2v) is 3.59. The first-order chi connectivity index (χ1) is 7.09. The van der Waals surface area contributed by atoms with Gasteiger partial charge in [0.15, 0.2) is 0 Å². The van der Waals surface area contributed by atoms with Gasteiger partial charge in [-0.2, -0.15) is 4.98 Å². The standard InChI is InChI=1S/C10H18N4O/c1-3-10(15,4-2)7-13-9-12-6-5-8(11)14-9/h5-6,15H,3-4,7H2,1-2H3,(H3,11,12,13,14). The van der Waals surface area contributed by atoms with Gasteiger partial charge in [-0.05, 0) is 18.9 Å². The molecule has 0 unspecified atom stereocenters. The van der Waals surface area contributed by atoms with Gasteiger partial charge in [-0.15, -0.1) is 0 Å². The number of aliphatic hydroxyl groups is 1. The first-order valence-corrected chi connectivity index (χ1v) is 5.14. The van der Waals surface area contributed by atoms with E-state index < -0.39 is 5.60 Å². The van der Waals surface area contributed by atoms with E-state index >= 15 is 0 Å².